The zero-order valence-electron chi connectivity index (χ0n) is 15.6. The molecule has 0 amide bonds. The standard InChI is InChI=1S/C19H18BrN5O2S/c1-4-5-10-24-15-16(22(2)18(24)20)23(3)19(27)25(17(15)26)11-14-21-12-8-6-7-9-13(12)28-14/h6-9,18H,10-11H2,1-3H3. The first-order chi connectivity index (χ1) is 13.4. The number of halogens is 1. The zero-order chi connectivity index (χ0) is 20.0. The SMILES string of the molecule is CC#CCN1c2c(n(C)c(=O)n(Cc3nc4ccccc4s3)c2=O)N(C)C1Br. The molecule has 0 fully saturated rings. The third-order valence-corrected chi connectivity index (χ3v) is 6.88. The van der Waals surface area contributed by atoms with Crippen molar-refractivity contribution in [3.63, 3.8) is 0 Å². The normalized spacial score (nSPS) is 15.6. The molecule has 1 unspecified atom stereocenters. The van der Waals surface area contributed by atoms with Gasteiger partial charge >= 0.3 is 5.69 Å². The molecule has 144 valence electrons. The van der Waals surface area contributed by atoms with Crippen LogP contribution in [0, 0.1) is 11.8 Å². The van der Waals surface area contributed by atoms with E-state index in [4.69, 9.17) is 0 Å². The maximum Gasteiger partial charge on any atom is 0.332 e. The zero-order valence-corrected chi connectivity index (χ0v) is 18.0. The van der Waals surface area contributed by atoms with Gasteiger partial charge in [0.15, 0.2) is 5.08 Å². The molecule has 3 heterocycles. The molecule has 0 bridgehead atoms. The number of anilines is 2. The van der Waals surface area contributed by atoms with Crippen LogP contribution in [0.1, 0.15) is 11.9 Å². The molecule has 1 aliphatic rings. The van der Waals surface area contributed by atoms with Crippen LogP contribution in [0.25, 0.3) is 10.2 Å². The lowest BCUT2D eigenvalue weighted by molar-refractivity contribution is 0.642. The number of nitrogens with zero attached hydrogens (tertiary/aromatic N) is 5. The molecular formula is C19H18BrN5O2S. The van der Waals surface area contributed by atoms with E-state index in [1.165, 1.54) is 20.5 Å². The van der Waals surface area contributed by atoms with E-state index in [1.807, 2.05) is 41.1 Å². The number of rotatable bonds is 3. The molecule has 1 aliphatic heterocycles. The highest BCUT2D eigenvalue weighted by Gasteiger charge is 2.37. The van der Waals surface area contributed by atoms with Crippen molar-refractivity contribution in [2.45, 2.75) is 18.5 Å². The Balaban J connectivity index is 1.86. The third-order valence-electron chi connectivity index (χ3n) is 4.75. The van der Waals surface area contributed by atoms with Crippen LogP contribution in [0.4, 0.5) is 11.5 Å². The first-order valence-electron chi connectivity index (χ1n) is 8.65. The minimum atomic E-state index is -0.363. The Hall–Kier alpha value is -2.57. The second kappa shape index (κ2) is 7.11. The summed E-state index contributed by atoms with van der Waals surface area (Å²) < 4.78 is 3.79. The van der Waals surface area contributed by atoms with Crippen LogP contribution in [0.2, 0.25) is 0 Å². The summed E-state index contributed by atoms with van der Waals surface area (Å²) in [6.07, 6.45) is 0. The summed E-state index contributed by atoms with van der Waals surface area (Å²) in [6, 6.07) is 7.78. The Bertz CT molecular complexity index is 1220. The average molecular weight is 460 g/mol. The Morgan fingerprint density at radius 3 is 2.71 bits per heavy atom. The van der Waals surface area contributed by atoms with Crippen molar-refractivity contribution in [1.82, 2.24) is 14.1 Å². The van der Waals surface area contributed by atoms with Crippen molar-refractivity contribution in [2.24, 2.45) is 7.05 Å². The maximum absolute atomic E-state index is 13.3. The predicted octanol–water partition coefficient (Wildman–Crippen LogP) is 2.16. The topological polar surface area (TPSA) is 63.4 Å². The van der Waals surface area contributed by atoms with Crippen molar-refractivity contribution in [1.29, 1.82) is 0 Å². The van der Waals surface area contributed by atoms with Gasteiger partial charge < -0.3 is 9.80 Å². The van der Waals surface area contributed by atoms with Gasteiger partial charge in [-0.1, -0.05) is 18.1 Å². The number of alkyl halides is 1. The summed E-state index contributed by atoms with van der Waals surface area (Å²) in [6.45, 7) is 2.29. The molecule has 0 aliphatic carbocycles. The molecule has 4 rings (SSSR count). The van der Waals surface area contributed by atoms with Gasteiger partial charge in [-0.2, -0.15) is 0 Å². The summed E-state index contributed by atoms with van der Waals surface area (Å²) in [7, 11) is 3.52. The maximum atomic E-state index is 13.3. The van der Waals surface area contributed by atoms with Gasteiger partial charge in [-0.15, -0.1) is 17.3 Å². The van der Waals surface area contributed by atoms with E-state index in [9.17, 15) is 9.59 Å². The lowest BCUT2D eigenvalue weighted by Crippen LogP contribution is -2.41. The number of aromatic nitrogens is 3. The van der Waals surface area contributed by atoms with Crippen LogP contribution in [-0.2, 0) is 13.6 Å². The number of hydrogen-bond acceptors (Lipinski definition) is 6. The van der Waals surface area contributed by atoms with E-state index in [2.05, 4.69) is 32.8 Å². The Labute approximate surface area is 174 Å². The highest BCUT2D eigenvalue weighted by molar-refractivity contribution is 9.09. The fourth-order valence-corrected chi connectivity index (χ4v) is 4.89. The second-order valence-corrected chi connectivity index (χ2v) is 8.39. The van der Waals surface area contributed by atoms with Crippen molar-refractivity contribution in [3.8, 4) is 11.8 Å². The van der Waals surface area contributed by atoms with E-state index < -0.39 is 0 Å². The third kappa shape index (κ3) is 2.84. The van der Waals surface area contributed by atoms with Crippen molar-refractivity contribution >= 4 is 49.0 Å². The number of benzene rings is 1. The lowest BCUT2D eigenvalue weighted by atomic mass is 10.3. The molecule has 1 atom stereocenters. The van der Waals surface area contributed by atoms with Crippen LogP contribution < -0.4 is 21.0 Å². The highest BCUT2D eigenvalue weighted by Crippen LogP contribution is 2.36. The molecular weight excluding hydrogens is 442 g/mol. The van der Waals surface area contributed by atoms with Crippen LogP contribution in [0.5, 0.6) is 0 Å². The van der Waals surface area contributed by atoms with Gasteiger partial charge in [-0.25, -0.2) is 9.78 Å². The summed E-state index contributed by atoms with van der Waals surface area (Å²) >= 11 is 5.09. The van der Waals surface area contributed by atoms with Crippen molar-refractivity contribution in [3.05, 3.63) is 50.1 Å². The fourth-order valence-electron chi connectivity index (χ4n) is 3.39. The predicted molar refractivity (Wildman–Crippen MR) is 117 cm³/mol. The van der Waals surface area contributed by atoms with Gasteiger partial charge in [-0.3, -0.25) is 13.9 Å². The van der Waals surface area contributed by atoms with E-state index in [1.54, 1.807) is 14.0 Å². The number of hydrogen-bond donors (Lipinski definition) is 0. The van der Waals surface area contributed by atoms with Crippen molar-refractivity contribution < 1.29 is 0 Å². The van der Waals surface area contributed by atoms with Crippen LogP contribution in [-0.4, -0.2) is 32.8 Å². The minimum absolute atomic E-state index is 0.141. The first-order valence-corrected chi connectivity index (χ1v) is 10.4. The second-order valence-electron chi connectivity index (χ2n) is 6.46. The molecule has 7 nitrogen and oxygen atoms in total. The van der Waals surface area contributed by atoms with E-state index in [0.29, 0.717) is 18.1 Å². The van der Waals surface area contributed by atoms with Crippen LogP contribution in [0.15, 0.2) is 33.9 Å². The monoisotopic (exact) mass is 459 g/mol. The molecule has 9 heteroatoms. The van der Waals surface area contributed by atoms with Gasteiger partial charge in [0.2, 0.25) is 0 Å². The Morgan fingerprint density at radius 1 is 1.25 bits per heavy atom. The quantitative estimate of drug-likeness (QED) is 0.341. The van der Waals surface area contributed by atoms with Gasteiger partial charge in [0, 0.05) is 14.1 Å². The summed E-state index contributed by atoms with van der Waals surface area (Å²) in [5, 5.41) is 0.474. The molecule has 1 aromatic carbocycles. The van der Waals surface area contributed by atoms with E-state index in [-0.39, 0.29) is 22.9 Å². The van der Waals surface area contributed by atoms with Gasteiger partial charge in [0.25, 0.3) is 5.56 Å². The van der Waals surface area contributed by atoms with Gasteiger partial charge in [0.1, 0.15) is 16.5 Å². The fraction of sp³-hybridized carbons (Fsp3) is 0.316. The Kier molecular flexibility index (Phi) is 4.77. The molecule has 0 spiro atoms. The number of thiazole rings is 1. The van der Waals surface area contributed by atoms with Crippen molar-refractivity contribution in [2.75, 3.05) is 23.4 Å². The molecule has 0 N–H and O–H groups in total. The van der Waals surface area contributed by atoms with E-state index in [0.717, 1.165) is 15.2 Å². The Morgan fingerprint density at radius 2 is 2.00 bits per heavy atom. The molecule has 0 saturated heterocycles. The van der Waals surface area contributed by atoms with Gasteiger partial charge in [0.05, 0.1) is 23.3 Å². The molecule has 28 heavy (non-hydrogen) atoms. The summed E-state index contributed by atoms with van der Waals surface area (Å²) in [5.41, 5.74) is 0.644. The molecule has 0 radical (unpaired) electrons. The highest BCUT2D eigenvalue weighted by atomic mass is 79.9. The molecule has 0 saturated carbocycles. The summed E-state index contributed by atoms with van der Waals surface area (Å²) in [4.78, 5) is 34.6. The lowest BCUT2D eigenvalue weighted by Gasteiger charge is -2.23. The van der Waals surface area contributed by atoms with Crippen LogP contribution >= 0.6 is 27.3 Å². The number of fused-ring (bicyclic) bond motifs is 2. The van der Waals surface area contributed by atoms with Crippen LogP contribution in [0.3, 0.4) is 0 Å². The number of para-hydroxylation sites is 1. The molecule has 2 aromatic heterocycles. The summed E-state index contributed by atoms with van der Waals surface area (Å²) in [5.74, 6) is 6.44. The van der Waals surface area contributed by atoms with Gasteiger partial charge in [-0.05, 0) is 35.0 Å². The average Bonchev–Trinajstić information content (AvgIpc) is 3.21. The minimum Gasteiger partial charge on any atom is -0.329 e. The van der Waals surface area contributed by atoms with E-state index >= 15 is 0 Å². The molecule has 3 aromatic rings. The first kappa shape index (κ1) is 18.8. The smallest absolute Gasteiger partial charge is 0.329 e. The largest absolute Gasteiger partial charge is 0.332 e.